The van der Waals surface area contributed by atoms with E-state index < -0.39 is 0 Å². The zero-order valence-electron chi connectivity index (χ0n) is 9.49. The topological polar surface area (TPSA) is 27.7 Å². The molecule has 1 aliphatic carbocycles. The van der Waals surface area contributed by atoms with Gasteiger partial charge in [0.05, 0.1) is 18.8 Å². The molecule has 2 unspecified atom stereocenters. The van der Waals surface area contributed by atoms with Crippen LogP contribution in [0.15, 0.2) is 0 Å². The summed E-state index contributed by atoms with van der Waals surface area (Å²) in [7, 11) is 3.56. The number of rotatable bonds is 5. The molecule has 1 rings (SSSR count). The van der Waals surface area contributed by atoms with Gasteiger partial charge in [-0.25, -0.2) is 0 Å². The number of hydrogen-bond acceptors (Lipinski definition) is 3. The lowest BCUT2D eigenvalue weighted by Crippen LogP contribution is -2.41. The maximum absolute atomic E-state index is 5.48. The van der Waals surface area contributed by atoms with Crippen molar-refractivity contribution in [1.82, 2.24) is 0 Å². The highest BCUT2D eigenvalue weighted by Crippen LogP contribution is 2.29. The Labute approximate surface area is 86.7 Å². The molecule has 1 saturated carbocycles. The van der Waals surface area contributed by atoms with Gasteiger partial charge >= 0.3 is 0 Å². The molecule has 0 bridgehead atoms. The van der Waals surface area contributed by atoms with Crippen LogP contribution in [0.25, 0.3) is 0 Å². The van der Waals surface area contributed by atoms with Gasteiger partial charge < -0.3 is 14.2 Å². The molecule has 84 valence electrons. The van der Waals surface area contributed by atoms with E-state index in [2.05, 4.69) is 0 Å². The lowest BCUT2D eigenvalue weighted by molar-refractivity contribution is -0.0910. The van der Waals surface area contributed by atoms with Gasteiger partial charge in [0, 0.05) is 26.7 Å². The summed E-state index contributed by atoms with van der Waals surface area (Å²) < 4.78 is 16.4. The van der Waals surface area contributed by atoms with Gasteiger partial charge in [0.15, 0.2) is 0 Å². The first-order chi connectivity index (χ1) is 6.83. The Hall–Kier alpha value is -0.120. The van der Waals surface area contributed by atoms with Crippen molar-refractivity contribution in [3.05, 3.63) is 0 Å². The minimum atomic E-state index is 0.306. The fourth-order valence-corrected chi connectivity index (χ4v) is 2.24. The second kappa shape index (κ2) is 6.38. The van der Waals surface area contributed by atoms with Gasteiger partial charge in [0.1, 0.15) is 0 Å². The molecule has 0 amide bonds. The molecule has 0 N–H and O–H groups in total. The maximum atomic E-state index is 5.48. The maximum Gasteiger partial charge on any atom is 0.0646 e. The van der Waals surface area contributed by atoms with Crippen LogP contribution in [0.2, 0.25) is 0 Å². The third-order valence-electron chi connectivity index (χ3n) is 3.05. The quantitative estimate of drug-likeness (QED) is 0.681. The second-order valence-electron chi connectivity index (χ2n) is 3.80. The summed E-state index contributed by atoms with van der Waals surface area (Å²) in [5.41, 5.74) is 0. The summed E-state index contributed by atoms with van der Waals surface area (Å²) in [5.74, 6) is 0.402. The normalized spacial score (nSPS) is 33.2. The Morgan fingerprint density at radius 2 is 1.64 bits per heavy atom. The Balaban J connectivity index is 2.48. The molecule has 3 nitrogen and oxygen atoms in total. The summed E-state index contributed by atoms with van der Waals surface area (Å²) in [6, 6.07) is 0. The summed E-state index contributed by atoms with van der Waals surface area (Å²) >= 11 is 0. The molecule has 1 aliphatic rings. The van der Waals surface area contributed by atoms with E-state index in [0.717, 1.165) is 26.1 Å². The van der Waals surface area contributed by atoms with Crippen LogP contribution in [0.4, 0.5) is 0 Å². The molecule has 1 fully saturated rings. The third-order valence-corrected chi connectivity index (χ3v) is 3.05. The van der Waals surface area contributed by atoms with E-state index in [1.165, 1.54) is 6.42 Å². The van der Waals surface area contributed by atoms with Crippen LogP contribution in [0.5, 0.6) is 0 Å². The Kier molecular flexibility index (Phi) is 5.45. The monoisotopic (exact) mass is 202 g/mol. The van der Waals surface area contributed by atoms with Crippen LogP contribution in [0.1, 0.15) is 26.2 Å². The van der Waals surface area contributed by atoms with Gasteiger partial charge in [-0.05, 0) is 26.2 Å². The number of hydrogen-bond donors (Lipinski definition) is 0. The third kappa shape index (κ3) is 2.94. The van der Waals surface area contributed by atoms with Crippen molar-refractivity contribution >= 4 is 0 Å². The molecule has 0 saturated heterocycles. The SMILES string of the molecule is CCOCC1C(OC)CCCC1OC. The zero-order chi connectivity index (χ0) is 10.4. The first kappa shape index (κ1) is 12.0. The predicted molar refractivity (Wildman–Crippen MR) is 55.4 cm³/mol. The van der Waals surface area contributed by atoms with Crippen LogP contribution >= 0.6 is 0 Å². The van der Waals surface area contributed by atoms with E-state index in [1.807, 2.05) is 6.92 Å². The standard InChI is InChI=1S/C11H22O3/c1-4-14-8-9-10(12-2)6-5-7-11(9)13-3/h9-11H,4-8H2,1-3H3. The highest BCUT2D eigenvalue weighted by Gasteiger charge is 2.33. The molecule has 0 heterocycles. The van der Waals surface area contributed by atoms with Crippen LogP contribution in [0.3, 0.4) is 0 Å². The van der Waals surface area contributed by atoms with Gasteiger partial charge in [0.25, 0.3) is 0 Å². The van der Waals surface area contributed by atoms with Crippen LogP contribution in [-0.4, -0.2) is 39.6 Å². The van der Waals surface area contributed by atoms with E-state index in [1.54, 1.807) is 14.2 Å². The average molecular weight is 202 g/mol. The van der Waals surface area contributed by atoms with Gasteiger partial charge in [-0.3, -0.25) is 0 Å². The summed E-state index contributed by atoms with van der Waals surface area (Å²) in [6.07, 6.45) is 4.07. The van der Waals surface area contributed by atoms with E-state index in [0.29, 0.717) is 18.1 Å². The summed E-state index contributed by atoms with van der Waals surface area (Å²) in [5, 5.41) is 0. The minimum Gasteiger partial charge on any atom is -0.381 e. The number of ether oxygens (including phenoxy) is 3. The Bertz CT molecular complexity index is 137. The van der Waals surface area contributed by atoms with Crippen LogP contribution in [-0.2, 0) is 14.2 Å². The second-order valence-corrected chi connectivity index (χ2v) is 3.80. The minimum absolute atomic E-state index is 0.306. The fourth-order valence-electron chi connectivity index (χ4n) is 2.24. The molecule has 0 aromatic rings. The lowest BCUT2D eigenvalue weighted by Gasteiger charge is -2.36. The molecule has 0 aliphatic heterocycles. The van der Waals surface area contributed by atoms with Crippen molar-refractivity contribution in [3.63, 3.8) is 0 Å². The van der Waals surface area contributed by atoms with E-state index in [-0.39, 0.29) is 0 Å². The molecule has 2 atom stereocenters. The first-order valence-corrected chi connectivity index (χ1v) is 5.46. The molecule has 0 aromatic heterocycles. The van der Waals surface area contributed by atoms with E-state index >= 15 is 0 Å². The lowest BCUT2D eigenvalue weighted by atomic mass is 9.84. The van der Waals surface area contributed by atoms with Crippen molar-refractivity contribution < 1.29 is 14.2 Å². The van der Waals surface area contributed by atoms with Crippen LogP contribution < -0.4 is 0 Å². The molecule has 0 spiro atoms. The highest BCUT2D eigenvalue weighted by molar-refractivity contribution is 4.83. The van der Waals surface area contributed by atoms with Gasteiger partial charge in [-0.1, -0.05) is 0 Å². The molecule has 0 aromatic carbocycles. The largest absolute Gasteiger partial charge is 0.381 e. The van der Waals surface area contributed by atoms with Gasteiger partial charge in [0.2, 0.25) is 0 Å². The van der Waals surface area contributed by atoms with Crippen molar-refractivity contribution in [2.75, 3.05) is 27.4 Å². The predicted octanol–water partition coefficient (Wildman–Crippen LogP) is 1.85. The Morgan fingerprint density at radius 3 is 2.07 bits per heavy atom. The summed E-state index contributed by atoms with van der Waals surface area (Å²) in [4.78, 5) is 0. The highest BCUT2D eigenvalue weighted by atomic mass is 16.5. The van der Waals surface area contributed by atoms with Crippen molar-refractivity contribution in [2.45, 2.75) is 38.4 Å². The summed E-state index contributed by atoms with van der Waals surface area (Å²) in [6.45, 7) is 3.54. The smallest absolute Gasteiger partial charge is 0.0646 e. The van der Waals surface area contributed by atoms with E-state index in [4.69, 9.17) is 14.2 Å². The van der Waals surface area contributed by atoms with Crippen molar-refractivity contribution in [3.8, 4) is 0 Å². The Morgan fingerprint density at radius 1 is 1.07 bits per heavy atom. The number of methoxy groups -OCH3 is 2. The van der Waals surface area contributed by atoms with Crippen molar-refractivity contribution in [1.29, 1.82) is 0 Å². The first-order valence-electron chi connectivity index (χ1n) is 5.46. The zero-order valence-corrected chi connectivity index (χ0v) is 9.49. The molecule has 0 radical (unpaired) electrons. The van der Waals surface area contributed by atoms with Gasteiger partial charge in [-0.15, -0.1) is 0 Å². The van der Waals surface area contributed by atoms with E-state index in [9.17, 15) is 0 Å². The molecule has 14 heavy (non-hydrogen) atoms. The molecule has 3 heteroatoms. The molecular formula is C11H22O3. The van der Waals surface area contributed by atoms with Crippen LogP contribution in [0, 0.1) is 5.92 Å². The van der Waals surface area contributed by atoms with Gasteiger partial charge in [-0.2, -0.15) is 0 Å². The average Bonchev–Trinajstić information content (AvgIpc) is 2.25. The molecular weight excluding hydrogens is 180 g/mol. The van der Waals surface area contributed by atoms with Crippen molar-refractivity contribution in [2.24, 2.45) is 5.92 Å². The fraction of sp³-hybridized carbons (Fsp3) is 1.00.